The fourth-order valence-electron chi connectivity index (χ4n) is 1.83. The van der Waals surface area contributed by atoms with Gasteiger partial charge in [0.2, 0.25) is 0 Å². The minimum Gasteiger partial charge on any atom is -0.389 e. The number of benzene rings is 1. The van der Waals surface area contributed by atoms with E-state index < -0.39 is 16.4 Å². The predicted octanol–water partition coefficient (Wildman–Crippen LogP) is 2.48. The summed E-state index contributed by atoms with van der Waals surface area (Å²) in [4.78, 5) is 24.1. The number of carbonyl (C=O) groups excluding carboxylic acids is 1. The van der Waals surface area contributed by atoms with E-state index in [2.05, 4.69) is 0 Å². The summed E-state index contributed by atoms with van der Waals surface area (Å²) in [6, 6.07) is 4.08. The smallest absolute Gasteiger partial charge is 0.283 e. The molecule has 0 bridgehead atoms. The maximum atomic E-state index is 12.4. The largest absolute Gasteiger partial charge is 0.389 e. The SMILES string of the molecule is CCN(CC(C)(C)O)C(=O)c1c(Cl)cccc1[N+](=O)[O-]. The fourth-order valence-corrected chi connectivity index (χ4v) is 2.08. The third-order valence-corrected chi connectivity index (χ3v) is 2.96. The molecular weight excluding hydrogens is 284 g/mol. The number of nitro benzene ring substituents is 1. The van der Waals surface area contributed by atoms with Crippen LogP contribution in [0, 0.1) is 10.1 Å². The van der Waals surface area contributed by atoms with Gasteiger partial charge >= 0.3 is 0 Å². The Bertz CT molecular complexity index is 526. The standard InChI is InChI=1S/C13H17ClN2O4/c1-4-15(8-13(2,3)18)12(17)11-9(14)6-5-7-10(11)16(19)20/h5-7,18H,4,8H2,1-3H3. The molecule has 0 radical (unpaired) electrons. The summed E-state index contributed by atoms with van der Waals surface area (Å²) in [5.41, 5.74) is -1.58. The average Bonchev–Trinajstić information content (AvgIpc) is 2.33. The molecule has 1 aromatic carbocycles. The van der Waals surface area contributed by atoms with E-state index in [1.54, 1.807) is 20.8 Å². The summed E-state index contributed by atoms with van der Waals surface area (Å²) in [5, 5.41) is 20.8. The van der Waals surface area contributed by atoms with Crippen LogP contribution in [0.5, 0.6) is 0 Å². The van der Waals surface area contributed by atoms with E-state index in [1.807, 2.05) is 0 Å². The molecule has 0 saturated heterocycles. The van der Waals surface area contributed by atoms with Gasteiger partial charge in [0, 0.05) is 19.2 Å². The Morgan fingerprint density at radius 2 is 2.10 bits per heavy atom. The lowest BCUT2D eigenvalue weighted by molar-refractivity contribution is -0.385. The molecule has 0 aliphatic heterocycles. The molecule has 0 fully saturated rings. The van der Waals surface area contributed by atoms with E-state index in [-0.39, 0.29) is 22.8 Å². The molecule has 20 heavy (non-hydrogen) atoms. The molecule has 0 saturated carbocycles. The second kappa shape index (κ2) is 6.19. The molecule has 0 atom stereocenters. The van der Waals surface area contributed by atoms with Gasteiger partial charge in [-0.15, -0.1) is 0 Å². The van der Waals surface area contributed by atoms with Gasteiger partial charge in [0.05, 0.1) is 15.5 Å². The summed E-state index contributed by atoms with van der Waals surface area (Å²) in [6.45, 7) is 5.22. The van der Waals surface area contributed by atoms with Crippen LogP contribution in [0.4, 0.5) is 5.69 Å². The van der Waals surface area contributed by atoms with Crippen molar-refractivity contribution in [3.63, 3.8) is 0 Å². The number of aliphatic hydroxyl groups is 1. The summed E-state index contributed by atoms with van der Waals surface area (Å²) in [7, 11) is 0. The molecule has 1 amide bonds. The summed E-state index contributed by atoms with van der Waals surface area (Å²) in [5.74, 6) is -0.563. The Hall–Kier alpha value is -1.66. The first-order valence-electron chi connectivity index (χ1n) is 6.12. The number of nitro groups is 1. The number of rotatable bonds is 5. The minimum absolute atomic E-state index is 0.0263. The maximum absolute atomic E-state index is 12.4. The van der Waals surface area contributed by atoms with E-state index in [4.69, 9.17) is 11.6 Å². The zero-order chi connectivity index (χ0) is 15.5. The van der Waals surface area contributed by atoms with E-state index in [0.29, 0.717) is 6.54 Å². The number of likely N-dealkylation sites (N-methyl/N-ethyl adjacent to an activating group) is 1. The van der Waals surface area contributed by atoms with Crippen molar-refractivity contribution in [2.24, 2.45) is 0 Å². The van der Waals surface area contributed by atoms with Crippen molar-refractivity contribution < 1.29 is 14.8 Å². The maximum Gasteiger partial charge on any atom is 0.283 e. The first-order chi connectivity index (χ1) is 9.17. The van der Waals surface area contributed by atoms with Crippen LogP contribution in [-0.2, 0) is 0 Å². The molecular formula is C13H17ClN2O4. The second-order valence-corrected chi connectivity index (χ2v) is 5.43. The predicted molar refractivity (Wildman–Crippen MR) is 76.0 cm³/mol. The topological polar surface area (TPSA) is 83.7 Å². The molecule has 1 N–H and O–H groups in total. The normalized spacial score (nSPS) is 11.2. The molecule has 1 aromatic rings. The number of halogens is 1. The highest BCUT2D eigenvalue weighted by Gasteiger charge is 2.29. The van der Waals surface area contributed by atoms with Crippen LogP contribution in [-0.4, -0.2) is 39.5 Å². The molecule has 0 spiro atoms. The van der Waals surface area contributed by atoms with Gasteiger partial charge in [0.15, 0.2) is 0 Å². The highest BCUT2D eigenvalue weighted by atomic mass is 35.5. The lowest BCUT2D eigenvalue weighted by atomic mass is 10.1. The quantitative estimate of drug-likeness (QED) is 0.669. The first-order valence-corrected chi connectivity index (χ1v) is 6.49. The number of nitrogens with zero attached hydrogens (tertiary/aromatic N) is 2. The summed E-state index contributed by atoms with van der Waals surface area (Å²) in [6.07, 6.45) is 0. The molecule has 0 heterocycles. The van der Waals surface area contributed by atoms with Gasteiger partial charge in [-0.05, 0) is 26.8 Å². The van der Waals surface area contributed by atoms with Crippen molar-refractivity contribution in [2.75, 3.05) is 13.1 Å². The first kappa shape index (κ1) is 16.4. The van der Waals surface area contributed by atoms with Crippen LogP contribution in [0.15, 0.2) is 18.2 Å². The number of hydrogen-bond donors (Lipinski definition) is 1. The number of carbonyl (C=O) groups is 1. The molecule has 0 aliphatic rings. The van der Waals surface area contributed by atoms with E-state index in [9.17, 15) is 20.0 Å². The highest BCUT2D eigenvalue weighted by molar-refractivity contribution is 6.34. The zero-order valence-corrected chi connectivity index (χ0v) is 12.3. The molecule has 0 aliphatic carbocycles. The molecule has 0 aromatic heterocycles. The van der Waals surface area contributed by atoms with Crippen molar-refractivity contribution in [2.45, 2.75) is 26.4 Å². The zero-order valence-electron chi connectivity index (χ0n) is 11.6. The molecule has 6 nitrogen and oxygen atoms in total. The van der Waals surface area contributed by atoms with Gasteiger partial charge in [0.1, 0.15) is 5.56 Å². The van der Waals surface area contributed by atoms with Crippen LogP contribution in [0.25, 0.3) is 0 Å². The third-order valence-electron chi connectivity index (χ3n) is 2.65. The lowest BCUT2D eigenvalue weighted by Crippen LogP contribution is -2.42. The summed E-state index contributed by atoms with van der Waals surface area (Å²) >= 11 is 5.93. The summed E-state index contributed by atoms with van der Waals surface area (Å²) < 4.78 is 0. The van der Waals surface area contributed by atoms with Gasteiger partial charge in [0.25, 0.3) is 11.6 Å². The van der Waals surface area contributed by atoms with Crippen LogP contribution < -0.4 is 0 Å². The Balaban J connectivity index is 3.22. The monoisotopic (exact) mass is 300 g/mol. The molecule has 0 unspecified atom stereocenters. The number of amides is 1. The molecule has 7 heteroatoms. The Morgan fingerprint density at radius 3 is 2.55 bits per heavy atom. The van der Waals surface area contributed by atoms with Gasteiger partial charge in [-0.3, -0.25) is 14.9 Å². The lowest BCUT2D eigenvalue weighted by Gasteiger charge is -2.28. The van der Waals surface area contributed by atoms with Crippen LogP contribution in [0.3, 0.4) is 0 Å². The van der Waals surface area contributed by atoms with Crippen molar-refractivity contribution in [3.05, 3.63) is 38.9 Å². The highest BCUT2D eigenvalue weighted by Crippen LogP contribution is 2.28. The van der Waals surface area contributed by atoms with Crippen molar-refractivity contribution >= 4 is 23.2 Å². The van der Waals surface area contributed by atoms with E-state index in [0.717, 1.165) is 0 Å². The van der Waals surface area contributed by atoms with E-state index >= 15 is 0 Å². The van der Waals surface area contributed by atoms with Crippen molar-refractivity contribution in [1.29, 1.82) is 0 Å². The van der Waals surface area contributed by atoms with Gasteiger partial charge in [-0.25, -0.2) is 0 Å². The third kappa shape index (κ3) is 3.91. The van der Waals surface area contributed by atoms with Crippen LogP contribution in [0.1, 0.15) is 31.1 Å². The van der Waals surface area contributed by atoms with Crippen LogP contribution >= 0.6 is 11.6 Å². The minimum atomic E-state index is -1.10. The Kier molecular flexibility index (Phi) is 5.08. The molecule has 110 valence electrons. The van der Waals surface area contributed by atoms with Gasteiger partial charge < -0.3 is 10.0 Å². The molecule has 1 rings (SSSR count). The van der Waals surface area contributed by atoms with Crippen LogP contribution in [0.2, 0.25) is 5.02 Å². The fraction of sp³-hybridized carbons (Fsp3) is 0.462. The van der Waals surface area contributed by atoms with Crippen molar-refractivity contribution in [3.8, 4) is 0 Å². The van der Waals surface area contributed by atoms with Gasteiger partial charge in [-0.1, -0.05) is 17.7 Å². The Labute approximate surface area is 122 Å². The average molecular weight is 301 g/mol. The van der Waals surface area contributed by atoms with Gasteiger partial charge in [-0.2, -0.15) is 0 Å². The van der Waals surface area contributed by atoms with Crippen molar-refractivity contribution in [1.82, 2.24) is 4.90 Å². The van der Waals surface area contributed by atoms with E-state index in [1.165, 1.54) is 23.1 Å². The second-order valence-electron chi connectivity index (χ2n) is 5.02. The number of hydrogen-bond acceptors (Lipinski definition) is 4. The Morgan fingerprint density at radius 1 is 1.50 bits per heavy atom.